The first kappa shape index (κ1) is 27.4. The molecule has 1 aliphatic heterocycles. The lowest BCUT2D eigenvalue weighted by Gasteiger charge is -2.35. The lowest BCUT2D eigenvalue weighted by atomic mass is 9.92. The topological polar surface area (TPSA) is 78.5 Å². The molecule has 0 aliphatic carbocycles. The van der Waals surface area contributed by atoms with Crippen molar-refractivity contribution in [2.45, 2.75) is 84.0 Å². The van der Waals surface area contributed by atoms with Gasteiger partial charge < -0.3 is 14.5 Å². The number of hydrogen-bond acceptors (Lipinski definition) is 4. The van der Waals surface area contributed by atoms with E-state index in [1.165, 1.54) is 5.56 Å². The summed E-state index contributed by atoms with van der Waals surface area (Å²) < 4.78 is 5.86. The zero-order chi connectivity index (χ0) is 27.4. The molecule has 1 aliphatic rings. The summed E-state index contributed by atoms with van der Waals surface area (Å²) in [6, 6.07) is 20.2. The van der Waals surface area contributed by atoms with E-state index in [2.05, 4.69) is 29.3 Å². The molecular formula is C31H40N4O3. The molecule has 2 aromatic carbocycles. The van der Waals surface area contributed by atoms with Gasteiger partial charge in [0.1, 0.15) is 5.60 Å². The first-order valence-electron chi connectivity index (χ1n) is 13.4. The van der Waals surface area contributed by atoms with Gasteiger partial charge in [-0.3, -0.25) is 9.89 Å². The smallest absolute Gasteiger partial charge is 0.410 e. The molecule has 3 aromatic rings. The van der Waals surface area contributed by atoms with Gasteiger partial charge in [-0.15, -0.1) is 0 Å². The van der Waals surface area contributed by atoms with Crippen LogP contribution in [0.25, 0.3) is 0 Å². The number of nitrogens with one attached hydrogen (secondary N) is 1. The molecule has 4 rings (SSSR count). The summed E-state index contributed by atoms with van der Waals surface area (Å²) in [6.07, 6.45) is 2.30. The van der Waals surface area contributed by atoms with Crippen LogP contribution in [-0.4, -0.2) is 56.7 Å². The number of aromatic nitrogens is 2. The van der Waals surface area contributed by atoms with E-state index in [0.29, 0.717) is 18.5 Å². The number of H-pyrrole nitrogens is 1. The Morgan fingerprint density at radius 2 is 1.79 bits per heavy atom. The van der Waals surface area contributed by atoms with Crippen molar-refractivity contribution in [1.82, 2.24) is 20.0 Å². The van der Waals surface area contributed by atoms with Crippen LogP contribution in [0.4, 0.5) is 4.79 Å². The summed E-state index contributed by atoms with van der Waals surface area (Å²) in [4.78, 5) is 30.0. The normalized spacial score (nSPS) is 18.3. The lowest BCUT2D eigenvalue weighted by Crippen LogP contribution is -2.46. The molecule has 1 aromatic heterocycles. The molecule has 38 heavy (non-hydrogen) atoms. The van der Waals surface area contributed by atoms with E-state index in [0.717, 1.165) is 29.8 Å². The first-order chi connectivity index (χ1) is 18.0. The van der Waals surface area contributed by atoms with Crippen LogP contribution in [0, 0.1) is 6.92 Å². The second-order valence-electron chi connectivity index (χ2n) is 11.5. The fourth-order valence-electron chi connectivity index (χ4n) is 5.33. The quantitative estimate of drug-likeness (QED) is 0.411. The number of ether oxygens (including phenoxy) is 1. The number of amides is 2. The minimum absolute atomic E-state index is 0.0353. The minimum Gasteiger partial charge on any atom is -0.444 e. The Hall–Kier alpha value is -3.61. The van der Waals surface area contributed by atoms with Gasteiger partial charge in [-0.1, -0.05) is 49.4 Å². The number of carbonyl (C=O) groups excluding carboxylic acids is 2. The summed E-state index contributed by atoms with van der Waals surface area (Å²) in [6.45, 7) is 10.3. The molecule has 1 fully saturated rings. The Balaban J connectivity index is 1.47. The molecule has 0 saturated carbocycles. The Morgan fingerprint density at radius 1 is 1.11 bits per heavy atom. The molecule has 1 N–H and O–H groups in total. The van der Waals surface area contributed by atoms with Crippen molar-refractivity contribution in [3.05, 3.63) is 88.7 Å². The average Bonchev–Trinajstić information content (AvgIpc) is 3.48. The summed E-state index contributed by atoms with van der Waals surface area (Å²) in [7, 11) is 1.78. The van der Waals surface area contributed by atoms with Crippen LogP contribution >= 0.6 is 0 Å². The Labute approximate surface area is 226 Å². The first-order valence-corrected chi connectivity index (χ1v) is 13.4. The van der Waals surface area contributed by atoms with E-state index in [1.54, 1.807) is 11.9 Å². The van der Waals surface area contributed by atoms with Gasteiger partial charge in [-0.2, -0.15) is 5.10 Å². The molecule has 0 bridgehead atoms. The van der Waals surface area contributed by atoms with Crippen molar-refractivity contribution in [2.75, 3.05) is 7.05 Å². The van der Waals surface area contributed by atoms with Crippen LogP contribution in [0.5, 0.6) is 0 Å². The molecule has 202 valence electrons. The largest absolute Gasteiger partial charge is 0.444 e. The maximum absolute atomic E-state index is 13.4. The average molecular weight is 517 g/mol. The number of aromatic amines is 1. The highest BCUT2D eigenvalue weighted by molar-refractivity contribution is 5.94. The standard InChI is InChI=1S/C31H40N4O3/c1-21-18-26(33-32-21)20-34(6)29(36)25-14-12-23(13-15-25)19-27-16-17-28(22(2)24-10-8-7-9-11-24)35(27)30(37)38-31(3,4)5/h7-15,18,22,27-28H,16-17,19-20H2,1-6H3,(H,32,33)/t22-,27?,28-/m1/s1. The van der Waals surface area contributed by atoms with Gasteiger partial charge in [0.05, 0.1) is 12.2 Å². The van der Waals surface area contributed by atoms with Crippen molar-refractivity contribution in [2.24, 2.45) is 0 Å². The maximum Gasteiger partial charge on any atom is 0.410 e. The molecule has 2 heterocycles. The molecule has 3 atom stereocenters. The highest BCUT2D eigenvalue weighted by Gasteiger charge is 2.41. The minimum atomic E-state index is -0.562. The van der Waals surface area contributed by atoms with Crippen LogP contribution in [0.2, 0.25) is 0 Å². The third-order valence-corrected chi connectivity index (χ3v) is 7.23. The highest BCUT2D eigenvalue weighted by atomic mass is 16.6. The number of rotatable bonds is 7. The van der Waals surface area contributed by atoms with Crippen molar-refractivity contribution in [3.63, 3.8) is 0 Å². The van der Waals surface area contributed by atoms with E-state index < -0.39 is 5.60 Å². The van der Waals surface area contributed by atoms with Crippen molar-refractivity contribution in [1.29, 1.82) is 0 Å². The van der Waals surface area contributed by atoms with Gasteiger partial charge in [0.15, 0.2) is 0 Å². The fourth-order valence-corrected chi connectivity index (χ4v) is 5.33. The van der Waals surface area contributed by atoms with Gasteiger partial charge in [0.2, 0.25) is 0 Å². The lowest BCUT2D eigenvalue weighted by molar-refractivity contribution is 0.0126. The van der Waals surface area contributed by atoms with Gasteiger partial charge in [-0.25, -0.2) is 4.79 Å². The number of likely N-dealkylation sites (tertiary alicyclic amines) is 1. The number of benzene rings is 2. The van der Waals surface area contributed by atoms with Crippen LogP contribution < -0.4 is 0 Å². The van der Waals surface area contributed by atoms with E-state index in [1.807, 2.05) is 81.1 Å². The van der Waals surface area contributed by atoms with E-state index in [9.17, 15) is 9.59 Å². The number of carbonyl (C=O) groups is 2. The Morgan fingerprint density at radius 3 is 2.39 bits per heavy atom. The van der Waals surface area contributed by atoms with Crippen LogP contribution in [0.1, 0.15) is 79.3 Å². The summed E-state index contributed by atoms with van der Waals surface area (Å²) >= 11 is 0. The van der Waals surface area contributed by atoms with Crippen molar-refractivity contribution >= 4 is 12.0 Å². The van der Waals surface area contributed by atoms with E-state index >= 15 is 0 Å². The molecule has 1 unspecified atom stereocenters. The van der Waals surface area contributed by atoms with E-state index in [4.69, 9.17) is 4.74 Å². The summed E-state index contributed by atoms with van der Waals surface area (Å²) in [5, 5.41) is 7.14. The monoisotopic (exact) mass is 516 g/mol. The summed E-state index contributed by atoms with van der Waals surface area (Å²) in [5.41, 5.74) is 4.19. The molecule has 0 radical (unpaired) electrons. The highest BCUT2D eigenvalue weighted by Crippen LogP contribution is 2.36. The van der Waals surface area contributed by atoms with Crippen molar-refractivity contribution < 1.29 is 14.3 Å². The van der Waals surface area contributed by atoms with Crippen LogP contribution in [0.15, 0.2) is 60.7 Å². The third kappa shape index (κ3) is 6.63. The molecule has 1 saturated heterocycles. The van der Waals surface area contributed by atoms with Gasteiger partial charge in [0, 0.05) is 36.3 Å². The second-order valence-corrected chi connectivity index (χ2v) is 11.5. The fraction of sp³-hybridized carbons (Fsp3) is 0.452. The molecule has 7 nitrogen and oxygen atoms in total. The molecule has 7 heteroatoms. The van der Waals surface area contributed by atoms with Gasteiger partial charge in [0.25, 0.3) is 5.91 Å². The summed E-state index contributed by atoms with van der Waals surface area (Å²) in [5.74, 6) is 0.146. The van der Waals surface area contributed by atoms with Crippen LogP contribution in [-0.2, 0) is 17.7 Å². The maximum atomic E-state index is 13.4. The van der Waals surface area contributed by atoms with Crippen LogP contribution in [0.3, 0.4) is 0 Å². The van der Waals surface area contributed by atoms with E-state index in [-0.39, 0.29) is 30.0 Å². The molecular weight excluding hydrogens is 476 g/mol. The van der Waals surface area contributed by atoms with Gasteiger partial charge >= 0.3 is 6.09 Å². The van der Waals surface area contributed by atoms with Crippen molar-refractivity contribution in [3.8, 4) is 0 Å². The SMILES string of the molecule is Cc1cc(CN(C)C(=O)c2ccc(CC3CC[C@H]([C@H](C)c4ccccc4)N3C(=O)OC(C)(C)C)cc2)n[nH]1. The zero-order valence-electron chi connectivity index (χ0n) is 23.4. The van der Waals surface area contributed by atoms with Gasteiger partial charge in [-0.05, 0) is 76.3 Å². The second kappa shape index (κ2) is 11.4. The predicted molar refractivity (Wildman–Crippen MR) is 149 cm³/mol. The third-order valence-electron chi connectivity index (χ3n) is 7.23. The number of hydrogen-bond donors (Lipinski definition) is 1. The number of nitrogens with zero attached hydrogens (tertiary/aromatic N) is 3. The zero-order valence-corrected chi connectivity index (χ0v) is 23.4. The molecule has 0 spiro atoms. The predicted octanol–water partition coefficient (Wildman–Crippen LogP) is 6.10. The Bertz CT molecular complexity index is 1230. The Kier molecular flexibility index (Phi) is 8.24. The molecule has 2 amide bonds. The number of aryl methyl sites for hydroxylation is 1.